The van der Waals surface area contributed by atoms with Gasteiger partial charge in [-0.3, -0.25) is 9.11 Å². The fourth-order valence-corrected chi connectivity index (χ4v) is 11.2. The highest BCUT2D eigenvalue weighted by molar-refractivity contribution is 7.81. The van der Waals surface area contributed by atoms with Crippen molar-refractivity contribution >= 4 is 20.8 Å². The smallest absolute Gasteiger partial charge is 0.394 e. The summed E-state index contributed by atoms with van der Waals surface area (Å²) in [5.41, 5.74) is 24.7. The van der Waals surface area contributed by atoms with E-state index < -0.39 is 263 Å². The predicted octanol–water partition coefficient (Wildman–Crippen LogP) is -12.3. The van der Waals surface area contributed by atoms with Gasteiger partial charge in [-0.2, -0.15) is 16.8 Å². The Labute approximate surface area is 484 Å². The second-order valence-corrected chi connectivity index (χ2v) is 23.7. The van der Waals surface area contributed by atoms with Crippen molar-refractivity contribution < 1.29 is 167 Å². The van der Waals surface area contributed by atoms with Gasteiger partial charge in [0, 0.05) is 25.7 Å². The van der Waals surface area contributed by atoms with E-state index in [1.54, 1.807) is 0 Å². The van der Waals surface area contributed by atoms with E-state index in [9.17, 15) is 87.2 Å². The maximum atomic E-state index is 11.7. The van der Waals surface area contributed by atoms with Crippen LogP contribution in [0, 0.1) is 0 Å². The first-order valence-corrected chi connectivity index (χ1v) is 29.7. The van der Waals surface area contributed by atoms with E-state index in [0.29, 0.717) is 0 Å². The highest BCUT2D eigenvalue weighted by atomic mass is 32.3. The van der Waals surface area contributed by atoms with Gasteiger partial charge in [0.15, 0.2) is 50.3 Å². The molecule has 32 atom stereocenters. The maximum Gasteiger partial charge on any atom is 0.397 e. The minimum Gasteiger partial charge on any atom is -0.394 e. The summed E-state index contributed by atoms with van der Waals surface area (Å²) in [5.74, 6) is 0. The van der Waals surface area contributed by atoms with Crippen molar-refractivity contribution in [2.75, 3.05) is 52.9 Å². The SMILES string of the molecule is NC1[C@@H](OC2CO[C@@H](O[C@@H]3C(CO)O[C@H](O)C(N)[C@H]3O)C[C@@H]2O)OC(CO)[C@@H](O[C@H]2C[C@H](O)[C@H](O[C@@H]3OC(COS(=O)(=O)O)[C@@H](O[C@H]4C[C@H](O)[C@H](O[C@@H]5OC(COS(=O)(=O)O)[C@@H](O[C@H]6C[C@H](O)[C@H](O)CO6)[C@H](O)C5N)CO4)[C@H](O)C3N)CO2)[C@@H]1O. The topological polar surface area (TPSA) is 612 Å². The molecular weight excluding hydrogens is 1210 g/mol. The molecule has 85 heavy (non-hydrogen) atoms. The molecule has 9 unspecified atom stereocenters. The van der Waals surface area contributed by atoms with Crippen LogP contribution in [0.4, 0.5) is 0 Å². The number of hydrogen-bond acceptors (Lipinski definition) is 37. The van der Waals surface area contributed by atoms with Crippen molar-refractivity contribution in [3.63, 3.8) is 0 Å². The van der Waals surface area contributed by atoms with Gasteiger partial charge in [0.05, 0.1) is 101 Å². The Morgan fingerprint density at radius 2 is 0.671 bits per heavy atom. The minimum absolute atomic E-state index is 0.244. The fraction of sp³-hybridized carbons (Fsp3) is 1.00. The zero-order chi connectivity index (χ0) is 62.0. The summed E-state index contributed by atoms with van der Waals surface area (Å²) in [6.45, 7) is -5.14. The summed E-state index contributed by atoms with van der Waals surface area (Å²) >= 11 is 0. The second-order valence-electron chi connectivity index (χ2n) is 21.5. The molecule has 0 saturated carbocycles. The zero-order valence-corrected chi connectivity index (χ0v) is 46.6. The van der Waals surface area contributed by atoms with Crippen LogP contribution in [0.1, 0.15) is 25.7 Å². The van der Waals surface area contributed by atoms with Crippen molar-refractivity contribution in [1.29, 1.82) is 0 Å². The van der Waals surface area contributed by atoms with E-state index in [0.717, 1.165) is 0 Å². The lowest BCUT2D eigenvalue weighted by Gasteiger charge is -2.47. The number of ether oxygens (including phenoxy) is 15. The van der Waals surface area contributed by atoms with Crippen molar-refractivity contribution in [2.45, 2.75) is 222 Å². The molecule has 22 N–H and O–H groups in total. The fourth-order valence-electron chi connectivity index (χ4n) is 10.6. The molecule has 8 aliphatic heterocycles. The number of aliphatic hydroxyl groups excluding tert-OH is 12. The Bertz CT molecular complexity index is 2310. The summed E-state index contributed by atoms with van der Waals surface area (Å²) in [7, 11) is -10.2. The number of aliphatic hydroxyl groups is 12. The Morgan fingerprint density at radius 1 is 0.376 bits per heavy atom. The van der Waals surface area contributed by atoms with Crippen LogP contribution in [0.25, 0.3) is 0 Å². The second kappa shape index (κ2) is 29.8. The first kappa shape index (κ1) is 69.4. The molecule has 8 rings (SSSR count). The van der Waals surface area contributed by atoms with Gasteiger partial charge >= 0.3 is 20.8 Å². The van der Waals surface area contributed by atoms with Crippen molar-refractivity contribution in [1.82, 2.24) is 0 Å². The normalized spacial score (nSPS) is 48.9. The van der Waals surface area contributed by atoms with E-state index in [-0.39, 0.29) is 32.5 Å². The van der Waals surface area contributed by atoms with Gasteiger partial charge in [0.1, 0.15) is 97.7 Å². The third-order valence-electron chi connectivity index (χ3n) is 15.4. The lowest BCUT2D eigenvalue weighted by atomic mass is 9.96. The number of nitrogens with two attached hydrogens (primary N) is 4. The predicted molar refractivity (Wildman–Crippen MR) is 264 cm³/mol. The van der Waals surface area contributed by atoms with Crippen LogP contribution in [0.3, 0.4) is 0 Å². The molecule has 0 radical (unpaired) electrons. The summed E-state index contributed by atoms with van der Waals surface area (Å²) in [6, 6.07) is -5.72. The molecule has 39 nitrogen and oxygen atoms in total. The van der Waals surface area contributed by atoms with E-state index in [4.69, 9.17) is 94.0 Å². The average molecular weight is 1290 g/mol. The zero-order valence-electron chi connectivity index (χ0n) is 44.9. The molecule has 0 bridgehead atoms. The molecule has 0 aromatic heterocycles. The summed E-state index contributed by atoms with van der Waals surface area (Å²) in [5, 5.41) is 128. The average Bonchev–Trinajstić information content (AvgIpc) is 2.90. The van der Waals surface area contributed by atoms with E-state index in [1.807, 2.05) is 0 Å². The van der Waals surface area contributed by atoms with Gasteiger partial charge in [-0.1, -0.05) is 0 Å². The van der Waals surface area contributed by atoms with Crippen molar-refractivity contribution in [3.8, 4) is 0 Å². The van der Waals surface area contributed by atoms with Crippen LogP contribution >= 0.6 is 0 Å². The first-order valence-electron chi connectivity index (χ1n) is 27.0. The molecule has 8 aliphatic rings. The Balaban J connectivity index is 0.814. The van der Waals surface area contributed by atoms with Gasteiger partial charge in [0.25, 0.3) is 0 Å². The van der Waals surface area contributed by atoms with Gasteiger partial charge in [-0.25, -0.2) is 8.37 Å². The molecular formula is C44H78N4O35S2. The summed E-state index contributed by atoms with van der Waals surface area (Å²) in [4.78, 5) is 0. The van der Waals surface area contributed by atoms with Crippen LogP contribution in [0.5, 0.6) is 0 Å². The molecule has 0 spiro atoms. The Kier molecular flexibility index (Phi) is 24.4. The molecule has 496 valence electrons. The third kappa shape index (κ3) is 17.6. The molecule has 0 aliphatic carbocycles. The van der Waals surface area contributed by atoms with E-state index in [2.05, 4.69) is 8.37 Å². The third-order valence-corrected chi connectivity index (χ3v) is 16.3. The molecule has 0 aromatic carbocycles. The van der Waals surface area contributed by atoms with E-state index in [1.165, 1.54) is 0 Å². The molecule has 0 aromatic rings. The van der Waals surface area contributed by atoms with Crippen LogP contribution in [0.15, 0.2) is 0 Å². The van der Waals surface area contributed by atoms with Crippen LogP contribution in [0.2, 0.25) is 0 Å². The molecule has 8 fully saturated rings. The Morgan fingerprint density at radius 3 is 0.988 bits per heavy atom. The lowest BCUT2D eigenvalue weighted by molar-refractivity contribution is -0.350. The van der Waals surface area contributed by atoms with Crippen LogP contribution < -0.4 is 22.9 Å². The highest BCUT2D eigenvalue weighted by Gasteiger charge is 2.54. The standard InChI is InChI=1S/C44H78N4O35S2/c45-29-33(56)37(18(5-49)73-41(29)60)80-26-2-14(52)20(8-68-26)75-42-30(46)34(57)38(19(6-50)74-42)81-27-3-15(53)21(9-69-27)76-44-32(48)36(59)40(24(79-44)12-72-85(64,65)66)83-28-4-16(54)22(10-70-28)77-43-31(47)35(58)39(23(78-43)11-71-84(61,62)63)82-25-1-13(51)17(55)7-67-25/h13-44,49-60H,1-12,45-48H2,(H,61,62,63)(H,64,65,66)/t13-,14-,15-,16-,17+,18?,19?,20?,21+,22+,23?,24?,25-,26-,27-,28-,29?,30?,31?,32?,33+,34+,35+,36+,37+,38+,39+,40+,41-,42+,43+,44+/m0/s1. The molecule has 8 saturated heterocycles. The molecule has 41 heteroatoms. The van der Waals surface area contributed by atoms with Crippen LogP contribution in [-0.2, 0) is 100 Å². The highest BCUT2D eigenvalue weighted by Crippen LogP contribution is 2.35. The molecule has 0 amide bonds. The van der Waals surface area contributed by atoms with Crippen molar-refractivity contribution in [3.05, 3.63) is 0 Å². The van der Waals surface area contributed by atoms with Crippen molar-refractivity contribution in [2.24, 2.45) is 22.9 Å². The van der Waals surface area contributed by atoms with Gasteiger partial charge in [-0.15, -0.1) is 0 Å². The summed E-state index contributed by atoms with van der Waals surface area (Å²) in [6.07, 6.45) is -41.9. The van der Waals surface area contributed by atoms with Gasteiger partial charge in [-0.05, 0) is 0 Å². The number of rotatable bonds is 22. The van der Waals surface area contributed by atoms with Gasteiger partial charge in [0.2, 0.25) is 0 Å². The maximum absolute atomic E-state index is 11.7. The van der Waals surface area contributed by atoms with Crippen LogP contribution in [-0.4, -0.2) is 337 Å². The lowest BCUT2D eigenvalue weighted by Crippen LogP contribution is -2.66. The van der Waals surface area contributed by atoms with Gasteiger partial charge < -0.3 is 155 Å². The Hall–Kier alpha value is -1.50. The first-order chi connectivity index (χ1) is 40.0. The largest absolute Gasteiger partial charge is 0.397 e. The van der Waals surface area contributed by atoms with E-state index >= 15 is 0 Å². The summed E-state index contributed by atoms with van der Waals surface area (Å²) < 4.78 is 160. The minimum atomic E-state index is -5.16. The number of hydrogen-bond donors (Lipinski definition) is 18. The monoisotopic (exact) mass is 1290 g/mol. The quantitative estimate of drug-likeness (QED) is 0.0448. The molecule has 8 heterocycles.